The fourth-order valence-corrected chi connectivity index (χ4v) is 2.76. The largest absolute Gasteiger partial charge is 0.482 e. The molecule has 0 unspecified atom stereocenters. The number of benzene rings is 1. The van der Waals surface area contributed by atoms with Gasteiger partial charge in [-0.1, -0.05) is 17.7 Å². The van der Waals surface area contributed by atoms with Crippen LogP contribution in [0.3, 0.4) is 0 Å². The lowest BCUT2D eigenvalue weighted by Crippen LogP contribution is -2.50. The van der Waals surface area contributed by atoms with E-state index in [1.165, 1.54) is 0 Å². The highest BCUT2D eigenvalue weighted by atomic mass is 35.5. The van der Waals surface area contributed by atoms with E-state index < -0.39 is 0 Å². The summed E-state index contributed by atoms with van der Waals surface area (Å²) in [5.41, 5.74) is 1.04. The van der Waals surface area contributed by atoms with Crippen LogP contribution in [0.15, 0.2) is 36.8 Å². The molecule has 2 aromatic rings. The number of aryl methyl sites for hydroxylation is 1. The summed E-state index contributed by atoms with van der Waals surface area (Å²) < 4.78 is 5.59. The third kappa shape index (κ3) is 3.94. The summed E-state index contributed by atoms with van der Waals surface area (Å²) in [4.78, 5) is 24.6. The number of hydrogen-bond acceptors (Lipinski definition) is 5. The molecule has 1 aliphatic heterocycles. The van der Waals surface area contributed by atoms with Gasteiger partial charge in [0, 0.05) is 38.6 Å². The van der Waals surface area contributed by atoms with Crippen LogP contribution in [0.4, 0.5) is 5.82 Å². The zero-order chi connectivity index (χ0) is 16.9. The lowest BCUT2D eigenvalue weighted by atomic mass is 10.2. The minimum atomic E-state index is -0.0358. The summed E-state index contributed by atoms with van der Waals surface area (Å²) in [5, 5.41) is 0.515. The first kappa shape index (κ1) is 16.5. The van der Waals surface area contributed by atoms with E-state index in [4.69, 9.17) is 16.3 Å². The monoisotopic (exact) mass is 346 g/mol. The quantitative estimate of drug-likeness (QED) is 0.849. The molecule has 0 radical (unpaired) electrons. The van der Waals surface area contributed by atoms with Crippen LogP contribution in [0, 0.1) is 6.92 Å². The molecule has 0 aliphatic carbocycles. The molecular weight excluding hydrogens is 328 g/mol. The van der Waals surface area contributed by atoms with Crippen molar-refractivity contribution in [1.82, 2.24) is 14.9 Å². The van der Waals surface area contributed by atoms with Crippen LogP contribution in [-0.2, 0) is 4.79 Å². The molecule has 3 rings (SSSR count). The average molecular weight is 347 g/mol. The number of anilines is 1. The fourth-order valence-electron chi connectivity index (χ4n) is 2.59. The van der Waals surface area contributed by atoms with E-state index in [0.717, 1.165) is 24.5 Å². The highest BCUT2D eigenvalue weighted by molar-refractivity contribution is 6.32. The van der Waals surface area contributed by atoms with Gasteiger partial charge in [0.2, 0.25) is 0 Å². The molecule has 1 fully saturated rings. The van der Waals surface area contributed by atoms with Crippen molar-refractivity contribution in [3.8, 4) is 5.75 Å². The third-order valence-corrected chi connectivity index (χ3v) is 4.26. The van der Waals surface area contributed by atoms with E-state index in [9.17, 15) is 4.79 Å². The number of hydrogen-bond donors (Lipinski definition) is 0. The zero-order valence-corrected chi connectivity index (χ0v) is 14.2. The zero-order valence-electron chi connectivity index (χ0n) is 13.5. The van der Waals surface area contributed by atoms with Crippen LogP contribution in [-0.4, -0.2) is 53.6 Å². The molecule has 1 aromatic carbocycles. The Balaban J connectivity index is 1.51. The Kier molecular flexibility index (Phi) is 5.15. The highest BCUT2D eigenvalue weighted by Crippen LogP contribution is 2.25. The lowest BCUT2D eigenvalue weighted by Gasteiger charge is -2.35. The van der Waals surface area contributed by atoms with Gasteiger partial charge in [-0.15, -0.1) is 0 Å². The van der Waals surface area contributed by atoms with E-state index in [2.05, 4.69) is 14.9 Å². The standard InChI is InChI=1S/C17H19ClN4O2/c1-13-2-3-14(18)15(10-13)24-12-17(23)22-8-6-21(7-9-22)16-11-19-4-5-20-16/h2-5,10-11H,6-9,12H2,1H3. The van der Waals surface area contributed by atoms with E-state index in [0.29, 0.717) is 23.9 Å². The second-order valence-electron chi connectivity index (χ2n) is 5.65. The van der Waals surface area contributed by atoms with E-state index in [1.54, 1.807) is 29.6 Å². The maximum absolute atomic E-state index is 12.3. The molecule has 1 aliphatic rings. The number of nitrogens with zero attached hydrogens (tertiary/aromatic N) is 4. The molecule has 1 aromatic heterocycles. The SMILES string of the molecule is Cc1ccc(Cl)c(OCC(=O)N2CCN(c3cnccn3)CC2)c1. The number of halogens is 1. The molecule has 1 amide bonds. The predicted molar refractivity (Wildman–Crippen MR) is 92.5 cm³/mol. The summed E-state index contributed by atoms with van der Waals surface area (Å²) in [6, 6.07) is 5.51. The van der Waals surface area contributed by atoms with Crippen molar-refractivity contribution in [1.29, 1.82) is 0 Å². The van der Waals surface area contributed by atoms with Crippen molar-refractivity contribution in [2.75, 3.05) is 37.7 Å². The van der Waals surface area contributed by atoms with Crippen molar-refractivity contribution in [2.45, 2.75) is 6.92 Å². The topological polar surface area (TPSA) is 58.6 Å². The van der Waals surface area contributed by atoms with Gasteiger partial charge in [-0.25, -0.2) is 4.98 Å². The number of amides is 1. The van der Waals surface area contributed by atoms with Crippen LogP contribution in [0.5, 0.6) is 5.75 Å². The maximum atomic E-state index is 12.3. The second-order valence-corrected chi connectivity index (χ2v) is 6.06. The first-order valence-electron chi connectivity index (χ1n) is 7.81. The fraction of sp³-hybridized carbons (Fsp3) is 0.353. The Morgan fingerprint density at radius 2 is 2.04 bits per heavy atom. The number of carbonyl (C=O) groups is 1. The minimum Gasteiger partial charge on any atom is -0.482 e. The lowest BCUT2D eigenvalue weighted by molar-refractivity contribution is -0.133. The van der Waals surface area contributed by atoms with Crippen LogP contribution < -0.4 is 9.64 Å². The number of rotatable bonds is 4. The van der Waals surface area contributed by atoms with Gasteiger partial charge in [0.25, 0.3) is 5.91 Å². The summed E-state index contributed by atoms with van der Waals surface area (Å²) >= 11 is 6.08. The van der Waals surface area contributed by atoms with Crippen molar-refractivity contribution >= 4 is 23.3 Å². The predicted octanol–water partition coefficient (Wildman–Crippen LogP) is 2.17. The Morgan fingerprint density at radius 3 is 2.75 bits per heavy atom. The van der Waals surface area contributed by atoms with Crippen molar-refractivity contribution in [3.63, 3.8) is 0 Å². The number of piperazine rings is 1. The molecule has 0 N–H and O–H groups in total. The summed E-state index contributed by atoms with van der Waals surface area (Å²) in [7, 11) is 0. The normalized spacial score (nSPS) is 14.6. The molecule has 0 spiro atoms. The molecule has 0 saturated carbocycles. The van der Waals surface area contributed by atoms with Gasteiger partial charge in [0.05, 0.1) is 11.2 Å². The van der Waals surface area contributed by atoms with Gasteiger partial charge in [-0.2, -0.15) is 0 Å². The van der Waals surface area contributed by atoms with E-state index in [-0.39, 0.29) is 12.5 Å². The van der Waals surface area contributed by atoms with Gasteiger partial charge in [0.1, 0.15) is 11.6 Å². The van der Waals surface area contributed by atoms with Gasteiger partial charge in [0.15, 0.2) is 6.61 Å². The molecular formula is C17H19ClN4O2. The smallest absolute Gasteiger partial charge is 0.260 e. The van der Waals surface area contributed by atoms with Crippen molar-refractivity contribution in [3.05, 3.63) is 47.4 Å². The Labute approximate surface area is 146 Å². The molecule has 126 valence electrons. The van der Waals surface area contributed by atoms with E-state index in [1.807, 2.05) is 19.1 Å². The molecule has 6 nitrogen and oxygen atoms in total. The van der Waals surface area contributed by atoms with Crippen molar-refractivity contribution in [2.24, 2.45) is 0 Å². The summed E-state index contributed by atoms with van der Waals surface area (Å²) in [5.74, 6) is 1.35. The van der Waals surface area contributed by atoms with Gasteiger partial charge >= 0.3 is 0 Å². The van der Waals surface area contributed by atoms with Crippen LogP contribution in [0.2, 0.25) is 5.02 Å². The third-order valence-electron chi connectivity index (χ3n) is 3.94. The van der Waals surface area contributed by atoms with Gasteiger partial charge in [-0.05, 0) is 24.6 Å². The second kappa shape index (κ2) is 7.49. The van der Waals surface area contributed by atoms with Gasteiger partial charge in [-0.3, -0.25) is 9.78 Å². The number of carbonyl (C=O) groups excluding carboxylic acids is 1. The molecule has 0 bridgehead atoms. The van der Waals surface area contributed by atoms with Crippen LogP contribution in [0.25, 0.3) is 0 Å². The molecule has 7 heteroatoms. The van der Waals surface area contributed by atoms with Gasteiger partial charge < -0.3 is 14.5 Å². The summed E-state index contributed by atoms with van der Waals surface area (Å²) in [6.07, 6.45) is 5.06. The first-order chi connectivity index (χ1) is 11.6. The average Bonchev–Trinajstić information content (AvgIpc) is 2.63. The Morgan fingerprint density at radius 1 is 1.25 bits per heavy atom. The van der Waals surface area contributed by atoms with Crippen LogP contribution in [0.1, 0.15) is 5.56 Å². The number of aromatic nitrogens is 2. The maximum Gasteiger partial charge on any atom is 0.260 e. The molecule has 2 heterocycles. The molecule has 0 atom stereocenters. The number of ether oxygens (including phenoxy) is 1. The first-order valence-corrected chi connectivity index (χ1v) is 8.19. The van der Waals surface area contributed by atoms with Crippen LogP contribution >= 0.6 is 11.6 Å². The molecule has 24 heavy (non-hydrogen) atoms. The Bertz CT molecular complexity index is 703. The highest BCUT2D eigenvalue weighted by Gasteiger charge is 2.22. The molecule has 1 saturated heterocycles. The van der Waals surface area contributed by atoms with Crippen molar-refractivity contribution < 1.29 is 9.53 Å². The Hall–Kier alpha value is -2.34. The summed E-state index contributed by atoms with van der Waals surface area (Å²) in [6.45, 7) is 4.69. The minimum absolute atomic E-state index is 0.00564. The van der Waals surface area contributed by atoms with E-state index >= 15 is 0 Å².